The summed E-state index contributed by atoms with van der Waals surface area (Å²) in [5, 5.41) is 5.18. The molecule has 1 aromatic rings. The average molecular weight is 297 g/mol. The van der Waals surface area contributed by atoms with Gasteiger partial charge in [-0.2, -0.15) is 0 Å². The number of amides is 1. The summed E-state index contributed by atoms with van der Waals surface area (Å²) in [6.45, 7) is 2.76. The summed E-state index contributed by atoms with van der Waals surface area (Å²) in [6.07, 6.45) is 1.91. The molecular formula is C15H27N3OS. The highest BCUT2D eigenvalue weighted by Gasteiger charge is 2.22. The Balaban J connectivity index is 2.61. The number of likely N-dealkylation sites (N-methyl/N-ethyl adjacent to an activating group) is 2. The third kappa shape index (κ3) is 4.89. The van der Waals surface area contributed by atoms with Gasteiger partial charge in [0.25, 0.3) is 0 Å². The highest BCUT2D eigenvalue weighted by molar-refractivity contribution is 7.10. The molecule has 1 rings (SSSR count). The monoisotopic (exact) mass is 297 g/mol. The Morgan fingerprint density at radius 1 is 1.30 bits per heavy atom. The van der Waals surface area contributed by atoms with E-state index in [0.717, 1.165) is 12.8 Å². The maximum atomic E-state index is 12.3. The molecule has 0 saturated heterocycles. The molecule has 1 aromatic heterocycles. The van der Waals surface area contributed by atoms with Crippen molar-refractivity contribution in [2.75, 3.05) is 34.7 Å². The Morgan fingerprint density at radius 2 is 2.00 bits per heavy atom. The van der Waals surface area contributed by atoms with E-state index in [-0.39, 0.29) is 18.0 Å². The highest BCUT2D eigenvalue weighted by atomic mass is 32.1. The lowest BCUT2D eigenvalue weighted by Gasteiger charge is -2.27. The molecule has 0 aliphatic carbocycles. The van der Waals surface area contributed by atoms with Crippen LogP contribution in [0, 0.1) is 0 Å². The number of nitrogens with one attached hydrogen (secondary N) is 1. The fourth-order valence-corrected chi connectivity index (χ4v) is 3.15. The molecule has 0 spiro atoms. The lowest BCUT2D eigenvalue weighted by molar-refractivity contribution is -0.126. The van der Waals surface area contributed by atoms with Crippen LogP contribution < -0.4 is 5.32 Å². The SMILES string of the molecule is CCCC(C(=O)NCC(c1cccs1)N(C)C)N(C)C. The number of hydrogen-bond donors (Lipinski definition) is 1. The lowest BCUT2D eigenvalue weighted by atomic mass is 10.1. The van der Waals surface area contributed by atoms with Crippen molar-refractivity contribution < 1.29 is 4.79 Å². The third-order valence-electron chi connectivity index (χ3n) is 3.45. The molecule has 1 heterocycles. The normalized spacial score (nSPS) is 14.6. The molecule has 0 bridgehead atoms. The first kappa shape index (κ1) is 17.1. The van der Waals surface area contributed by atoms with Crippen molar-refractivity contribution in [3.63, 3.8) is 0 Å². The van der Waals surface area contributed by atoms with E-state index in [0.29, 0.717) is 6.54 Å². The van der Waals surface area contributed by atoms with Crippen LogP contribution in [0.3, 0.4) is 0 Å². The van der Waals surface area contributed by atoms with Gasteiger partial charge in [-0.25, -0.2) is 0 Å². The van der Waals surface area contributed by atoms with E-state index in [4.69, 9.17) is 0 Å². The van der Waals surface area contributed by atoms with E-state index in [1.807, 2.05) is 33.1 Å². The first-order valence-corrected chi connectivity index (χ1v) is 7.99. The van der Waals surface area contributed by atoms with Crippen LogP contribution >= 0.6 is 11.3 Å². The smallest absolute Gasteiger partial charge is 0.237 e. The van der Waals surface area contributed by atoms with Crippen LogP contribution in [0.25, 0.3) is 0 Å². The van der Waals surface area contributed by atoms with Crippen LogP contribution in [0.5, 0.6) is 0 Å². The fourth-order valence-electron chi connectivity index (χ4n) is 2.23. The quantitative estimate of drug-likeness (QED) is 0.799. The van der Waals surface area contributed by atoms with Gasteiger partial charge >= 0.3 is 0 Å². The summed E-state index contributed by atoms with van der Waals surface area (Å²) >= 11 is 1.73. The van der Waals surface area contributed by atoms with Gasteiger partial charge in [0.1, 0.15) is 0 Å². The van der Waals surface area contributed by atoms with E-state index in [1.165, 1.54) is 4.88 Å². The lowest BCUT2D eigenvalue weighted by Crippen LogP contribution is -2.45. The minimum absolute atomic E-state index is 0.0360. The molecule has 1 N–H and O–H groups in total. The molecule has 114 valence electrons. The Hall–Kier alpha value is -0.910. The number of thiophene rings is 1. The van der Waals surface area contributed by atoms with Crippen molar-refractivity contribution in [2.45, 2.75) is 31.8 Å². The molecule has 0 aliphatic heterocycles. The van der Waals surface area contributed by atoms with Gasteiger partial charge in [-0.05, 0) is 46.1 Å². The van der Waals surface area contributed by atoms with Crippen molar-refractivity contribution in [2.24, 2.45) is 0 Å². The average Bonchev–Trinajstić information content (AvgIpc) is 2.88. The molecule has 1 amide bonds. The Labute approximate surface area is 126 Å². The summed E-state index contributed by atoms with van der Waals surface area (Å²) in [4.78, 5) is 17.7. The standard InChI is InChI=1S/C15H27N3OS/c1-6-8-12(17(2)3)15(19)16-11-13(18(4)5)14-9-7-10-20-14/h7,9-10,12-13H,6,8,11H2,1-5H3,(H,16,19). The van der Waals surface area contributed by atoms with Crippen molar-refractivity contribution in [1.82, 2.24) is 15.1 Å². The molecule has 2 atom stereocenters. The molecule has 0 aliphatic rings. The zero-order chi connectivity index (χ0) is 15.1. The van der Waals surface area contributed by atoms with Crippen LogP contribution in [0.15, 0.2) is 17.5 Å². The molecule has 2 unspecified atom stereocenters. The van der Waals surface area contributed by atoms with Gasteiger partial charge in [0, 0.05) is 11.4 Å². The topological polar surface area (TPSA) is 35.6 Å². The van der Waals surface area contributed by atoms with Crippen molar-refractivity contribution in [1.29, 1.82) is 0 Å². The molecule has 5 heteroatoms. The second kappa shape index (κ2) is 8.39. The second-order valence-electron chi connectivity index (χ2n) is 5.51. The zero-order valence-corrected chi connectivity index (χ0v) is 14.0. The first-order valence-electron chi connectivity index (χ1n) is 7.11. The van der Waals surface area contributed by atoms with Crippen molar-refractivity contribution in [3.8, 4) is 0 Å². The van der Waals surface area contributed by atoms with Gasteiger partial charge in [-0.1, -0.05) is 19.4 Å². The van der Waals surface area contributed by atoms with E-state index in [9.17, 15) is 4.79 Å². The maximum absolute atomic E-state index is 12.3. The minimum Gasteiger partial charge on any atom is -0.353 e. The van der Waals surface area contributed by atoms with Crippen LogP contribution in [0.2, 0.25) is 0 Å². The van der Waals surface area contributed by atoms with E-state index >= 15 is 0 Å². The molecule has 20 heavy (non-hydrogen) atoms. The summed E-state index contributed by atoms with van der Waals surface area (Å²) in [5.41, 5.74) is 0. The Kier molecular flexibility index (Phi) is 7.19. The molecule has 0 aromatic carbocycles. The fraction of sp³-hybridized carbons (Fsp3) is 0.667. The number of rotatable bonds is 8. The van der Waals surface area contributed by atoms with Gasteiger partial charge in [0.2, 0.25) is 5.91 Å². The van der Waals surface area contributed by atoms with Gasteiger partial charge in [0.15, 0.2) is 0 Å². The Bertz CT molecular complexity index is 390. The highest BCUT2D eigenvalue weighted by Crippen LogP contribution is 2.22. The third-order valence-corrected chi connectivity index (χ3v) is 4.43. The Morgan fingerprint density at radius 3 is 2.45 bits per heavy atom. The molecule has 0 fully saturated rings. The summed E-state index contributed by atoms with van der Waals surface area (Å²) in [5.74, 6) is 0.125. The molecule has 4 nitrogen and oxygen atoms in total. The van der Waals surface area contributed by atoms with Gasteiger partial charge in [-0.15, -0.1) is 11.3 Å². The van der Waals surface area contributed by atoms with Crippen LogP contribution in [-0.2, 0) is 4.79 Å². The predicted octanol–water partition coefficient (Wildman–Crippen LogP) is 2.20. The van der Waals surface area contributed by atoms with Crippen LogP contribution in [-0.4, -0.2) is 56.5 Å². The van der Waals surface area contributed by atoms with Gasteiger partial charge < -0.3 is 10.2 Å². The number of hydrogen-bond acceptors (Lipinski definition) is 4. The van der Waals surface area contributed by atoms with Crippen LogP contribution in [0.4, 0.5) is 0 Å². The number of carbonyl (C=O) groups excluding carboxylic acids is 1. The second-order valence-corrected chi connectivity index (χ2v) is 6.49. The van der Waals surface area contributed by atoms with Crippen molar-refractivity contribution >= 4 is 17.2 Å². The summed E-state index contributed by atoms with van der Waals surface area (Å²) in [6, 6.07) is 4.38. The number of nitrogens with zero attached hydrogens (tertiary/aromatic N) is 2. The summed E-state index contributed by atoms with van der Waals surface area (Å²) < 4.78 is 0. The summed E-state index contributed by atoms with van der Waals surface area (Å²) in [7, 11) is 8.02. The molecule has 0 radical (unpaired) electrons. The van der Waals surface area contributed by atoms with E-state index < -0.39 is 0 Å². The van der Waals surface area contributed by atoms with Gasteiger partial charge in [-0.3, -0.25) is 9.69 Å². The maximum Gasteiger partial charge on any atom is 0.237 e. The number of carbonyl (C=O) groups is 1. The molecule has 0 saturated carbocycles. The van der Waals surface area contributed by atoms with E-state index in [2.05, 4.69) is 34.7 Å². The molecular weight excluding hydrogens is 270 g/mol. The largest absolute Gasteiger partial charge is 0.353 e. The van der Waals surface area contributed by atoms with Crippen LogP contribution in [0.1, 0.15) is 30.7 Å². The first-order chi connectivity index (χ1) is 9.47. The van der Waals surface area contributed by atoms with Crippen molar-refractivity contribution in [3.05, 3.63) is 22.4 Å². The van der Waals surface area contributed by atoms with E-state index in [1.54, 1.807) is 11.3 Å². The van der Waals surface area contributed by atoms with Gasteiger partial charge in [0.05, 0.1) is 12.1 Å². The minimum atomic E-state index is -0.0360. The predicted molar refractivity (Wildman–Crippen MR) is 86.1 cm³/mol. The zero-order valence-electron chi connectivity index (χ0n) is 13.2.